The maximum absolute atomic E-state index is 11.2. The Bertz CT molecular complexity index is 300. The quantitative estimate of drug-likeness (QED) is 0.374. The van der Waals surface area contributed by atoms with Gasteiger partial charge in [0.05, 0.1) is 13.2 Å². The van der Waals surface area contributed by atoms with Crippen LogP contribution in [0.15, 0.2) is 4.99 Å². The van der Waals surface area contributed by atoms with E-state index in [9.17, 15) is 14.4 Å². The van der Waals surface area contributed by atoms with Crippen molar-refractivity contribution in [2.75, 3.05) is 26.9 Å². The summed E-state index contributed by atoms with van der Waals surface area (Å²) in [5.41, 5.74) is 0. The van der Waals surface area contributed by atoms with Gasteiger partial charge in [-0.05, 0) is 12.8 Å². The number of methoxy groups -OCH3 is 1. The number of hydrogen-bond donors (Lipinski definition) is 1. The highest BCUT2D eigenvalue weighted by Gasteiger charge is 2.07. The summed E-state index contributed by atoms with van der Waals surface area (Å²) >= 11 is 0. The van der Waals surface area contributed by atoms with Gasteiger partial charge in [-0.1, -0.05) is 6.42 Å². The first-order valence-electron chi connectivity index (χ1n) is 5.70. The van der Waals surface area contributed by atoms with Gasteiger partial charge in [0.25, 0.3) is 0 Å². The Kier molecular flexibility index (Phi) is 10.6. The largest absolute Gasteiger partial charge is 0.447 e. The van der Waals surface area contributed by atoms with Gasteiger partial charge in [-0.3, -0.25) is 10.1 Å². The molecule has 0 bridgehead atoms. The molecule has 0 aliphatic heterocycles. The van der Waals surface area contributed by atoms with Crippen molar-refractivity contribution >= 4 is 18.1 Å². The van der Waals surface area contributed by atoms with E-state index in [1.165, 1.54) is 13.2 Å². The molecule has 0 aliphatic rings. The first-order valence-corrected chi connectivity index (χ1v) is 5.70. The maximum Gasteiger partial charge on any atom is 0.413 e. The van der Waals surface area contributed by atoms with Crippen LogP contribution in [0.3, 0.4) is 0 Å². The number of aliphatic imine (C=N–C) groups is 1. The van der Waals surface area contributed by atoms with E-state index in [1.54, 1.807) is 0 Å². The Morgan fingerprint density at radius 2 is 2.00 bits per heavy atom. The molecule has 0 saturated carbocycles. The standard InChI is InChI=1S/C11H18N2O5/c1-17-7-8-18-11(16)13-10(15)5-3-2-4-6-12-9-14/h2-8H2,1H3,(H,13,15,16). The van der Waals surface area contributed by atoms with Crippen LogP contribution in [0.1, 0.15) is 25.7 Å². The van der Waals surface area contributed by atoms with Crippen LogP contribution >= 0.6 is 0 Å². The molecule has 0 unspecified atom stereocenters. The van der Waals surface area contributed by atoms with E-state index < -0.39 is 6.09 Å². The Balaban J connectivity index is 3.46. The number of hydrogen-bond acceptors (Lipinski definition) is 6. The Morgan fingerprint density at radius 1 is 1.22 bits per heavy atom. The molecule has 0 aromatic heterocycles. The number of alkyl carbamates (subject to hydrolysis) is 1. The molecule has 18 heavy (non-hydrogen) atoms. The molecule has 0 rings (SSSR count). The minimum Gasteiger partial charge on any atom is -0.447 e. The molecular weight excluding hydrogens is 240 g/mol. The molecule has 0 fully saturated rings. The van der Waals surface area contributed by atoms with E-state index in [0.717, 1.165) is 12.8 Å². The van der Waals surface area contributed by atoms with Crippen molar-refractivity contribution in [1.82, 2.24) is 5.32 Å². The van der Waals surface area contributed by atoms with Gasteiger partial charge in [-0.15, -0.1) is 0 Å². The number of isocyanates is 1. The maximum atomic E-state index is 11.2. The third kappa shape index (κ3) is 10.8. The van der Waals surface area contributed by atoms with Crippen molar-refractivity contribution in [2.45, 2.75) is 25.7 Å². The van der Waals surface area contributed by atoms with Crippen LogP contribution < -0.4 is 5.32 Å². The van der Waals surface area contributed by atoms with Crippen LogP contribution in [-0.2, 0) is 19.1 Å². The fourth-order valence-electron chi connectivity index (χ4n) is 1.13. The van der Waals surface area contributed by atoms with Gasteiger partial charge in [0.1, 0.15) is 6.61 Å². The summed E-state index contributed by atoms with van der Waals surface area (Å²) in [6.45, 7) is 0.822. The Labute approximate surface area is 106 Å². The predicted octanol–water partition coefficient (Wildman–Crippen LogP) is 0.782. The SMILES string of the molecule is COCCOC(=O)NC(=O)CCCCCN=C=O. The van der Waals surface area contributed by atoms with E-state index in [-0.39, 0.29) is 18.9 Å². The lowest BCUT2D eigenvalue weighted by Crippen LogP contribution is -2.31. The number of unbranched alkanes of at least 4 members (excludes halogenated alkanes) is 2. The average Bonchev–Trinajstić information content (AvgIpc) is 2.34. The molecule has 0 aromatic rings. The number of nitrogens with one attached hydrogen (secondary N) is 1. The summed E-state index contributed by atoms with van der Waals surface area (Å²) in [6, 6.07) is 0. The third-order valence-corrected chi connectivity index (χ3v) is 2.00. The minimum absolute atomic E-state index is 0.110. The first-order chi connectivity index (χ1) is 8.70. The molecular formula is C11H18N2O5. The summed E-state index contributed by atoms with van der Waals surface area (Å²) in [5, 5.41) is 2.10. The zero-order valence-electron chi connectivity index (χ0n) is 10.4. The number of ether oxygens (including phenoxy) is 2. The summed E-state index contributed by atoms with van der Waals surface area (Å²) < 4.78 is 9.34. The van der Waals surface area contributed by atoms with E-state index in [4.69, 9.17) is 0 Å². The average molecular weight is 258 g/mol. The van der Waals surface area contributed by atoms with Crippen molar-refractivity contribution in [3.63, 3.8) is 0 Å². The first kappa shape index (κ1) is 16.3. The van der Waals surface area contributed by atoms with Gasteiger partial charge in [0, 0.05) is 13.5 Å². The molecule has 102 valence electrons. The van der Waals surface area contributed by atoms with Crippen molar-refractivity contribution in [1.29, 1.82) is 0 Å². The highest BCUT2D eigenvalue weighted by atomic mass is 16.6. The van der Waals surface area contributed by atoms with Crippen molar-refractivity contribution in [3.05, 3.63) is 0 Å². The molecule has 0 radical (unpaired) electrons. The number of nitrogens with zero attached hydrogens (tertiary/aromatic N) is 1. The Morgan fingerprint density at radius 3 is 2.67 bits per heavy atom. The molecule has 0 aliphatic carbocycles. The van der Waals surface area contributed by atoms with E-state index in [1.807, 2.05) is 0 Å². The summed E-state index contributed by atoms with van der Waals surface area (Å²) in [5.74, 6) is -0.378. The van der Waals surface area contributed by atoms with Gasteiger partial charge in [0.2, 0.25) is 12.0 Å². The van der Waals surface area contributed by atoms with E-state index in [2.05, 4.69) is 19.8 Å². The normalized spacial score (nSPS) is 9.39. The lowest BCUT2D eigenvalue weighted by molar-refractivity contribution is -0.120. The second kappa shape index (κ2) is 11.8. The van der Waals surface area contributed by atoms with Crippen LogP contribution in [0.2, 0.25) is 0 Å². The van der Waals surface area contributed by atoms with Crippen LogP contribution in [0, 0.1) is 0 Å². The van der Waals surface area contributed by atoms with Gasteiger partial charge in [-0.2, -0.15) is 0 Å². The smallest absolute Gasteiger partial charge is 0.413 e. The highest BCUT2D eigenvalue weighted by Crippen LogP contribution is 1.99. The van der Waals surface area contributed by atoms with Gasteiger partial charge in [-0.25, -0.2) is 14.6 Å². The zero-order valence-corrected chi connectivity index (χ0v) is 10.4. The van der Waals surface area contributed by atoms with Gasteiger partial charge >= 0.3 is 6.09 Å². The van der Waals surface area contributed by atoms with Crippen LogP contribution in [0.4, 0.5) is 4.79 Å². The topological polar surface area (TPSA) is 94.1 Å². The second-order valence-electron chi connectivity index (χ2n) is 3.46. The molecule has 7 nitrogen and oxygen atoms in total. The number of rotatable bonds is 9. The number of imide groups is 1. The van der Waals surface area contributed by atoms with Crippen molar-refractivity contribution in [2.24, 2.45) is 4.99 Å². The summed E-state index contributed by atoms with van der Waals surface area (Å²) in [7, 11) is 1.49. The lowest BCUT2D eigenvalue weighted by atomic mass is 10.2. The molecule has 0 heterocycles. The number of carbonyl (C=O) groups excluding carboxylic acids is 3. The van der Waals surface area contributed by atoms with Crippen LogP contribution in [0.25, 0.3) is 0 Å². The van der Waals surface area contributed by atoms with E-state index >= 15 is 0 Å². The fraction of sp³-hybridized carbons (Fsp3) is 0.727. The minimum atomic E-state index is -0.761. The molecule has 1 N–H and O–H groups in total. The second-order valence-corrected chi connectivity index (χ2v) is 3.46. The summed E-state index contributed by atoms with van der Waals surface area (Å²) in [6.07, 6.45) is 3.04. The molecule has 7 heteroatoms. The molecule has 0 aromatic carbocycles. The fourth-order valence-corrected chi connectivity index (χ4v) is 1.13. The van der Waals surface area contributed by atoms with Crippen LogP contribution in [-0.4, -0.2) is 44.9 Å². The lowest BCUT2D eigenvalue weighted by Gasteiger charge is -2.05. The Hall–Kier alpha value is -1.72. The number of amides is 2. The molecule has 0 atom stereocenters. The molecule has 0 spiro atoms. The zero-order chi connectivity index (χ0) is 13.6. The van der Waals surface area contributed by atoms with Crippen LogP contribution in [0.5, 0.6) is 0 Å². The number of carbonyl (C=O) groups is 2. The van der Waals surface area contributed by atoms with E-state index in [0.29, 0.717) is 19.6 Å². The molecule has 0 saturated heterocycles. The van der Waals surface area contributed by atoms with Gasteiger partial charge in [0.15, 0.2) is 0 Å². The van der Waals surface area contributed by atoms with Crippen molar-refractivity contribution in [3.8, 4) is 0 Å². The summed E-state index contributed by atoms with van der Waals surface area (Å²) in [4.78, 5) is 35.4. The highest BCUT2D eigenvalue weighted by molar-refractivity contribution is 5.91. The molecule has 2 amide bonds. The van der Waals surface area contributed by atoms with Crippen molar-refractivity contribution < 1.29 is 23.9 Å². The predicted molar refractivity (Wildman–Crippen MR) is 62.8 cm³/mol. The monoisotopic (exact) mass is 258 g/mol. The third-order valence-electron chi connectivity index (χ3n) is 2.00. The van der Waals surface area contributed by atoms with Gasteiger partial charge < -0.3 is 9.47 Å².